The molecule has 0 aromatic carbocycles. The van der Waals surface area contributed by atoms with Crippen LogP contribution in [0.3, 0.4) is 0 Å². The third-order valence-corrected chi connectivity index (χ3v) is 3.18. The number of aromatic carboxylic acids is 1. The molecule has 1 aromatic heterocycles. The molecule has 0 radical (unpaired) electrons. The SMILES string of the molecule is CCC(CC1CC1)NC(=O)c1ccc(C(=O)O)o1. The van der Waals surface area contributed by atoms with Gasteiger partial charge in [-0.25, -0.2) is 4.79 Å². The number of hydrogen-bond acceptors (Lipinski definition) is 3. The first-order chi connectivity index (χ1) is 8.60. The van der Waals surface area contributed by atoms with Crippen molar-refractivity contribution in [2.45, 2.75) is 38.6 Å². The number of carbonyl (C=O) groups excluding carboxylic acids is 1. The molecule has 1 aromatic rings. The average Bonchev–Trinajstić information content (AvgIpc) is 3.00. The maximum Gasteiger partial charge on any atom is 0.371 e. The summed E-state index contributed by atoms with van der Waals surface area (Å²) in [5, 5.41) is 11.6. The van der Waals surface area contributed by atoms with Crippen molar-refractivity contribution in [3.8, 4) is 0 Å². The summed E-state index contributed by atoms with van der Waals surface area (Å²) >= 11 is 0. The van der Waals surface area contributed by atoms with Gasteiger partial charge in [-0.05, 0) is 30.9 Å². The molecule has 1 saturated carbocycles. The predicted octanol–water partition coefficient (Wildman–Crippen LogP) is 2.29. The van der Waals surface area contributed by atoms with Crippen LogP contribution >= 0.6 is 0 Å². The Bertz CT molecular complexity index is 448. The minimum atomic E-state index is -1.17. The molecule has 0 bridgehead atoms. The van der Waals surface area contributed by atoms with Gasteiger partial charge in [0.2, 0.25) is 5.76 Å². The van der Waals surface area contributed by atoms with Gasteiger partial charge in [-0.1, -0.05) is 19.8 Å². The van der Waals surface area contributed by atoms with E-state index in [4.69, 9.17) is 9.52 Å². The topological polar surface area (TPSA) is 79.5 Å². The Kier molecular flexibility index (Phi) is 3.69. The van der Waals surface area contributed by atoms with Crippen molar-refractivity contribution < 1.29 is 19.1 Å². The second-order valence-corrected chi connectivity index (χ2v) is 4.73. The number of carboxylic acid groups (broad SMARTS) is 1. The van der Waals surface area contributed by atoms with Gasteiger partial charge < -0.3 is 14.8 Å². The lowest BCUT2D eigenvalue weighted by atomic mass is 10.1. The van der Waals surface area contributed by atoms with Gasteiger partial charge in [-0.15, -0.1) is 0 Å². The molecule has 5 nitrogen and oxygen atoms in total. The Hall–Kier alpha value is -1.78. The number of amides is 1. The van der Waals surface area contributed by atoms with E-state index in [1.807, 2.05) is 6.92 Å². The van der Waals surface area contributed by atoms with Crippen LogP contribution in [0.5, 0.6) is 0 Å². The summed E-state index contributed by atoms with van der Waals surface area (Å²) in [5.74, 6) is -0.924. The molecule has 1 amide bonds. The van der Waals surface area contributed by atoms with Crippen LogP contribution in [-0.4, -0.2) is 23.0 Å². The number of carboxylic acids is 1. The first kappa shape index (κ1) is 12.7. The third-order valence-electron chi connectivity index (χ3n) is 3.18. The lowest BCUT2D eigenvalue weighted by molar-refractivity contribution is 0.0659. The van der Waals surface area contributed by atoms with E-state index in [0.29, 0.717) is 0 Å². The van der Waals surface area contributed by atoms with E-state index in [2.05, 4.69) is 5.32 Å². The summed E-state index contributed by atoms with van der Waals surface area (Å²) in [4.78, 5) is 22.5. The zero-order valence-electron chi connectivity index (χ0n) is 10.3. The van der Waals surface area contributed by atoms with Crippen LogP contribution in [0, 0.1) is 5.92 Å². The zero-order chi connectivity index (χ0) is 13.1. The van der Waals surface area contributed by atoms with E-state index < -0.39 is 5.97 Å². The van der Waals surface area contributed by atoms with Gasteiger partial charge in [0.05, 0.1) is 0 Å². The fourth-order valence-electron chi connectivity index (χ4n) is 1.91. The van der Waals surface area contributed by atoms with Crippen LogP contribution in [0.25, 0.3) is 0 Å². The van der Waals surface area contributed by atoms with E-state index in [9.17, 15) is 9.59 Å². The second kappa shape index (κ2) is 5.25. The molecule has 0 aliphatic heterocycles. The van der Waals surface area contributed by atoms with Crippen LogP contribution in [-0.2, 0) is 0 Å². The van der Waals surface area contributed by atoms with E-state index in [-0.39, 0.29) is 23.5 Å². The smallest absolute Gasteiger partial charge is 0.371 e. The molecule has 1 aliphatic rings. The van der Waals surface area contributed by atoms with E-state index in [1.54, 1.807) is 0 Å². The summed E-state index contributed by atoms with van der Waals surface area (Å²) in [6.07, 6.45) is 4.36. The van der Waals surface area contributed by atoms with Crippen molar-refractivity contribution in [3.05, 3.63) is 23.7 Å². The Morgan fingerprint density at radius 1 is 1.44 bits per heavy atom. The van der Waals surface area contributed by atoms with Crippen LogP contribution in [0.4, 0.5) is 0 Å². The molecule has 5 heteroatoms. The lowest BCUT2D eigenvalue weighted by Crippen LogP contribution is -2.34. The summed E-state index contributed by atoms with van der Waals surface area (Å²) in [5.41, 5.74) is 0. The highest BCUT2D eigenvalue weighted by atomic mass is 16.4. The fourth-order valence-corrected chi connectivity index (χ4v) is 1.91. The highest BCUT2D eigenvalue weighted by molar-refractivity contribution is 5.93. The Morgan fingerprint density at radius 2 is 2.11 bits per heavy atom. The minimum absolute atomic E-state index is 0.0571. The predicted molar refractivity (Wildman–Crippen MR) is 64.6 cm³/mol. The molecule has 1 fully saturated rings. The largest absolute Gasteiger partial charge is 0.475 e. The molecule has 0 spiro atoms. The van der Waals surface area contributed by atoms with E-state index in [1.165, 1.54) is 25.0 Å². The maximum atomic E-state index is 11.9. The quantitative estimate of drug-likeness (QED) is 0.812. The monoisotopic (exact) mass is 251 g/mol. The number of hydrogen-bond donors (Lipinski definition) is 2. The van der Waals surface area contributed by atoms with Crippen molar-refractivity contribution in [1.82, 2.24) is 5.32 Å². The van der Waals surface area contributed by atoms with Crippen molar-refractivity contribution in [2.24, 2.45) is 5.92 Å². The summed E-state index contributed by atoms with van der Waals surface area (Å²) in [7, 11) is 0. The molecule has 18 heavy (non-hydrogen) atoms. The first-order valence-electron chi connectivity index (χ1n) is 6.24. The van der Waals surface area contributed by atoms with Crippen molar-refractivity contribution in [2.75, 3.05) is 0 Å². The van der Waals surface area contributed by atoms with Gasteiger partial charge >= 0.3 is 5.97 Å². The third kappa shape index (κ3) is 3.12. The Morgan fingerprint density at radius 3 is 2.61 bits per heavy atom. The molecule has 2 N–H and O–H groups in total. The second-order valence-electron chi connectivity index (χ2n) is 4.73. The number of carbonyl (C=O) groups is 2. The Balaban J connectivity index is 1.94. The Labute approximate surface area is 105 Å². The lowest BCUT2D eigenvalue weighted by Gasteiger charge is -2.15. The van der Waals surface area contributed by atoms with Crippen LogP contribution < -0.4 is 5.32 Å². The summed E-state index contributed by atoms with van der Waals surface area (Å²) in [6.45, 7) is 2.03. The number of rotatable bonds is 6. The normalized spacial score (nSPS) is 16.3. The zero-order valence-corrected chi connectivity index (χ0v) is 10.3. The molecule has 1 atom stereocenters. The first-order valence-corrected chi connectivity index (χ1v) is 6.24. The molecule has 98 valence electrons. The van der Waals surface area contributed by atoms with Crippen molar-refractivity contribution >= 4 is 11.9 Å². The van der Waals surface area contributed by atoms with Crippen LogP contribution in [0.15, 0.2) is 16.5 Å². The summed E-state index contributed by atoms with van der Waals surface area (Å²) < 4.78 is 4.96. The molecular weight excluding hydrogens is 234 g/mol. The standard InChI is InChI=1S/C13H17NO4/c1-2-9(7-8-3-4-8)14-12(15)10-5-6-11(18-10)13(16)17/h5-6,8-9H,2-4,7H2,1H3,(H,14,15)(H,16,17). The molecule has 1 heterocycles. The van der Waals surface area contributed by atoms with E-state index in [0.717, 1.165) is 18.8 Å². The van der Waals surface area contributed by atoms with Gasteiger partial charge in [-0.2, -0.15) is 0 Å². The van der Waals surface area contributed by atoms with Crippen molar-refractivity contribution in [1.29, 1.82) is 0 Å². The van der Waals surface area contributed by atoms with Crippen molar-refractivity contribution in [3.63, 3.8) is 0 Å². The molecule has 1 aliphatic carbocycles. The molecule has 0 saturated heterocycles. The van der Waals surface area contributed by atoms with Crippen LogP contribution in [0.2, 0.25) is 0 Å². The van der Waals surface area contributed by atoms with Gasteiger partial charge in [0.15, 0.2) is 5.76 Å². The van der Waals surface area contributed by atoms with Gasteiger partial charge in [0.25, 0.3) is 5.91 Å². The van der Waals surface area contributed by atoms with E-state index >= 15 is 0 Å². The van der Waals surface area contributed by atoms with Gasteiger partial charge in [0.1, 0.15) is 0 Å². The van der Waals surface area contributed by atoms with Crippen LogP contribution in [0.1, 0.15) is 53.7 Å². The average molecular weight is 251 g/mol. The van der Waals surface area contributed by atoms with Gasteiger partial charge in [-0.3, -0.25) is 4.79 Å². The molecule has 2 rings (SSSR count). The molecule has 1 unspecified atom stereocenters. The molecular formula is C13H17NO4. The number of nitrogens with one attached hydrogen (secondary N) is 1. The number of furan rings is 1. The van der Waals surface area contributed by atoms with Gasteiger partial charge in [0, 0.05) is 6.04 Å². The minimum Gasteiger partial charge on any atom is -0.475 e. The fraction of sp³-hybridized carbons (Fsp3) is 0.538. The maximum absolute atomic E-state index is 11.9. The highest BCUT2D eigenvalue weighted by Crippen LogP contribution is 2.34. The highest BCUT2D eigenvalue weighted by Gasteiger charge is 2.26. The summed E-state index contributed by atoms with van der Waals surface area (Å²) in [6, 6.07) is 2.82.